The van der Waals surface area contributed by atoms with Crippen LogP contribution in [-0.2, 0) is 0 Å². The Kier molecular flexibility index (Phi) is 4.64. The Balaban J connectivity index is 1.31. The zero-order chi connectivity index (χ0) is 17.2. The molecule has 2 fully saturated rings. The summed E-state index contributed by atoms with van der Waals surface area (Å²) in [4.78, 5) is 19.1. The fourth-order valence-corrected chi connectivity index (χ4v) is 4.06. The van der Waals surface area contributed by atoms with Crippen molar-refractivity contribution in [1.29, 1.82) is 0 Å². The normalized spacial score (nSPS) is 25.2. The Morgan fingerprint density at radius 2 is 1.84 bits per heavy atom. The van der Waals surface area contributed by atoms with Gasteiger partial charge in [0.25, 0.3) is 0 Å². The van der Waals surface area contributed by atoms with Crippen LogP contribution in [0, 0.1) is 5.92 Å². The summed E-state index contributed by atoms with van der Waals surface area (Å²) >= 11 is 0. The van der Waals surface area contributed by atoms with E-state index in [2.05, 4.69) is 17.2 Å². The summed E-state index contributed by atoms with van der Waals surface area (Å²) in [5.74, 6) is 1.94. The number of nitrogens with zero attached hydrogens (tertiary/aromatic N) is 2. The monoisotopic (exact) mass is 341 g/mol. The minimum Gasteiger partial charge on any atom is -0.440 e. The minimum absolute atomic E-state index is 0.107. The number of nitrogens with one attached hydrogen (secondary N) is 1. The second-order valence-electron chi connectivity index (χ2n) is 7.69. The highest BCUT2D eigenvalue weighted by atomic mass is 16.3. The maximum absolute atomic E-state index is 12.5. The molecule has 25 heavy (non-hydrogen) atoms. The van der Waals surface area contributed by atoms with Gasteiger partial charge in [0.2, 0.25) is 0 Å². The molecule has 1 saturated heterocycles. The summed E-state index contributed by atoms with van der Waals surface area (Å²) in [6.07, 6.45) is 6.53. The van der Waals surface area contributed by atoms with Gasteiger partial charge in [0, 0.05) is 25.0 Å². The van der Waals surface area contributed by atoms with Crippen LogP contribution in [0.1, 0.15) is 57.3 Å². The molecule has 1 N–H and O–H groups in total. The molecule has 0 spiro atoms. The molecule has 5 heteroatoms. The molecule has 1 aromatic heterocycles. The van der Waals surface area contributed by atoms with E-state index in [1.165, 1.54) is 12.8 Å². The lowest BCUT2D eigenvalue weighted by atomic mass is 9.87. The maximum atomic E-state index is 12.5. The van der Waals surface area contributed by atoms with Crippen LogP contribution < -0.4 is 5.32 Å². The van der Waals surface area contributed by atoms with Crippen molar-refractivity contribution in [3.05, 3.63) is 30.2 Å². The molecule has 2 aliphatic rings. The molecule has 5 nitrogen and oxygen atoms in total. The summed E-state index contributed by atoms with van der Waals surface area (Å²) < 4.78 is 5.90. The van der Waals surface area contributed by atoms with Crippen LogP contribution in [0.5, 0.6) is 0 Å². The molecule has 0 unspecified atom stereocenters. The Morgan fingerprint density at radius 3 is 2.56 bits per heavy atom. The van der Waals surface area contributed by atoms with Gasteiger partial charge < -0.3 is 14.6 Å². The number of hydrogen-bond acceptors (Lipinski definition) is 3. The van der Waals surface area contributed by atoms with Crippen molar-refractivity contribution in [2.75, 3.05) is 13.1 Å². The van der Waals surface area contributed by atoms with Gasteiger partial charge in [-0.2, -0.15) is 0 Å². The predicted molar refractivity (Wildman–Crippen MR) is 97.5 cm³/mol. The average molecular weight is 341 g/mol. The molecule has 134 valence electrons. The quantitative estimate of drug-likeness (QED) is 0.886. The number of aromatic nitrogens is 1. The van der Waals surface area contributed by atoms with E-state index >= 15 is 0 Å². The number of para-hydroxylation sites is 2. The molecular weight excluding hydrogens is 314 g/mol. The topological polar surface area (TPSA) is 58.4 Å². The van der Waals surface area contributed by atoms with E-state index in [-0.39, 0.29) is 6.03 Å². The van der Waals surface area contributed by atoms with Crippen LogP contribution in [0.2, 0.25) is 0 Å². The third-order valence-electron chi connectivity index (χ3n) is 5.79. The number of amides is 2. The number of likely N-dealkylation sites (tertiary alicyclic amines) is 1. The van der Waals surface area contributed by atoms with Gasteiger partial charge in [0.1, 0.15) is 5.52 Å². The number of fused-ring (bicyclic) bond motifs is 1. The van der Waals surface area contributed by atoms with Gasteiger partial charge >= 0.3 is 6.03 Å². The summed E-state index contributed by atoms with van der Waals surface area (Å²) in [5.41, 5.74) is 1.77. The van der Waals surface area contributed by atoms with E-state index in [9.17, 15) is 4.79 Å². The second-order valence-corrected chi connectivity index (χ2v) is 7.69. The van der Waals surface area contributed by atoms with Crippen molar-refractivity contribution in [3.8, 4) is 0 Å². The largest absolute Gasteiger partial charge is 0.440 e. The first-order valence-corrected chi connectivity index (χ1v) is 9.60. The first-order valence-electron chi connectivity index (χ1n) is 9.60. The number of oxazole rings is 1. The third-order valence-corrected chi connectivity index (χ3v) is 5.79. The number of urea groups is 1. The molecule has 1 aromatic carbocycles. The predicted octanol–water partition coefficient (Wildman–Crippen LogP) is 4.30. The molecule has 4 rings (SSSR count). The van der Waals surface area contributed by atoms with Gasteiger partial charge in [-0.25, -0.2) is 9.78 Å². The molecule has 1 aliphatic carbocycles. The molecule has 0 atom stereocenters. The van der Waals surface area contributed by atoms with E-state index in [0.717, 1.165) is 61.7 Å². The lowest BCUT2D eigenvalue weighted by Crippen LogP contribution is -2.48. The third kappa shape index (κ3) is 3.65. The molecule has 0 radical (unpaired) electrons. The van der Waals surface area contributed by atoms with Gasteiger partial charge in [0.15, 0.2) is 11.5 Å². The molecule has 0 bridgehead atoms. The van der Waals surface area contributed by atoms with Gasteiger partial charge in [0.05, 0.1) is 0 Å². The summed E-state index contributed by atoms with van der Waals surface area (Å²) in [6.45, 7) is 3.85. The number of hydrogen-bond donors (Lipinski definition) is 1. The first-order chi connectivity index (χ1) is 12.2. The number of benzene rings is 1. The lowest BCUT2D eigenvalue weighted by molar-refractivity contribution is 0.169. The summed E-state index contributed by atoms with van der Waals surface area (Å²) in [7, 11) is 0. The van der Waals surface area contributed by atoms with Crippen LogP contribution in [0.25, 0.3) is 11.1 Å². The van der Waals surface area contributed by atoms with Gasteiger partial charge in [-0.15, -0.1) is 0 Å². The van der Waals surface area contributed by atoms with E-state index < -0.39 is 0 Å². The molecule has 2 aromatic rings. The van der Waals surface area contributed by atoms with Crippen LogP contribution >= 0.6 is 0 Å². The Bertz CT molecular complexity index is 692. The molecule has 1 saturated carbocycles. The zero-order valence-corrected chi connectivity index (χ0v) is 14.9. The van der Waals surface area contributed by atoms with Crippen molar-refractivity contribution in [2.45, 2.75) is 57.4 Å². The second kappa shape index (κ2) is 7.06. The van der Waals surface area contributed by atoms with E-state index in [1.807, 2.05) is 29.2 Å². The highest BCUT2D eigenvalue weighted by Gasteiger charge is 2.28. The number of rotatable bonds is 2. The van der Waals surface area contributed by atoms with Crippen LogP contribution in [0.15, 0.2) is 28.7 Å². The zero-order valence-electron chi connectivity index (χ0n) is 14.9. The van der Waals surface area contributed by atoms with Gasteiger partial charge in [-0.1, -0.05) is 19.1 Å². The molecule has 2 amide bonds. The average Bonchev–Trinajstić information content (AvgIpc) is 3.08. The van der Waals surface area contributed by atoms with Gasteiger partial charge in [-0.3, -0.25) is 0 Å². The fourth-order valence-electron chi connectivity index (χ4n) is 4.06. The lowest BCUT2D eigenvalue weighted by Gasteiger charge is -2.33. The van der Waals surface area contributed by atoms with Crippen molar-refractivity contribution in [3.63, 3.8) is 0 Å². The number of carbonyl (C=O) groups excluding carboxylic acids is 1. The Morgan fingerprint density at radius 1 is 1.12 bits per heavy atom. The number of carbonyl (C=O) groups is 1. The fraction of sp³-hybridized carbons (Fsp3) is 0.600. The van der Waals surface area contributed by atoms with Crippen LogP contribution in [0.3, 0.4) is 0 Å². The van der Waals surface area contributed by atoms with Crippen molar-refractivity contribution in [2.24, 2.45) is 5.92 Å². The molecular formula is C20H27N3O2. The summed E-state index contributed by atoms with van der Waals surface area (Å²) in [6, 6.07) is 8.35. The van der Waals surface area contributed by atoms with E-state index in [0.29, 0.717) is 12.0 Å². The van der Waals surface area contributed by atoms with Crippen molar-refractivity contribution in [1.82, 2.24) is 15.2 Å². The summed E-state index contributed by atoms with van der Waals surface area (Å²) in [5, 5.41) is 3.23. The molecule has 2 heterocycles. The molecule has 1 aliphatic heterocycles. The standard InChI is InChI=1S/C20H27N3O2/c1-14-6-8-16(9-7-14)21-20(24)23-12-10-15(11-13-23)19-22-17-4-2-3-5-18(17)25-19/h2-5,14-16H,6-13H2,1H3,(H,21,24). The minimum atomic E-state index is 0.107. The number of piperidine rings is 1. The first kappa shape index (κ1) is 16.4. The van der Waals surface area contributed by atoms with Gasteiger partial charge in [-0.05, 0) is 56.6 Å². The Hall–Kier alpha value is -2.04. The highest BCUT2D eigenvalue weighted by Crippen LogP contribution is 2.30. The van der Waals surface area contributed by atoms with Crippen LogP contribution in [-0.4, -0.2) is 35.0 Å². The van der Waals surface area contributed by atoms with E-state index in [4.69, 9.17) is 4.42 Å². The van der Waals surface area contributed by atoms with Crippen molar-refractivity contribution < 1.29 is 9.21 Å². The SMILES string of the molecule is CC1CCC(NC(=O)N2CCC(c3nc4ccccc4o3)CC2)CC1. The highest BCUT2D eigenvalue weighted by molar-refractivity contribution is 5.74. The smallest absolute Gasteiger partial charge is 0.317 e. The maximum Gasteiger partial charge on any atom is 0.317 e. The van der Waals surface area contributed by atoms with E-state index in [1.54, 1.807) is 0 Å². The van der Waals surface area contributed by atoms with Crippen molar-refractivity contribution >= 4 is 17.1 Å². The van der Waals surface area contributed by atoms with Crippen LogP contribution in [0.4, 0.5) is 4.79 Å². The Labute approximate surface area is 148 Å².